The highest BCUT2D eigenvalue weighted by atomic mass is 32.1. The Hall–Kier alpha value is -1.49. The maximum Gasteiger partial charge on any atom is 0.269 e. The Morgan fingerprint density at radius 2 is 2.00 bits per heavy atom. The first-order chi connectivity index (χ1) is 12.7. The molecule has 0 aromatic carbocycles. The molecule has 0 N–H and O–H groups in total. The summed E-state index contributed by atoms with van der Waals surface area (Å²) < 4.78 is 8.12. The van der Waals surface area contributed by atoms with E-state index in [-0.39, 0.29) is 22.3 Å². The first-order valence-electron chi connectivity index (χ1n) is 10.1. The second kappa shape index (κ2) is 6.26. The molecule has 3 aliphatic carbocycles. The molecule has 0 amide bonds. The Morgan fingerprint density at radius 3 is 2.70 bits per heavy atom. The normalized spacial score (nSPS) is 37.8. The van der Waals surface area contributed by atoms with Crippen molar-refractivity contribution in [3.05, 3.63) is 30.4 Å². The summed E-state index contributed by atoms with van der Waals surface area (Å²) in [6, 6.07) is 0. The summed E-state index contributed by atoms with van der Waals surface area (Å²) in [5.74, 6) is 0.837. The molecule has 0 spiro atoms. The smallest absolute Gasteiger partial charge is 0.269 e. The Bertz CT molecular complexity index is 797. The first-order valence-corrected chi connectivity index (χ1v) is 10.5. The van der Waals surface area contributed by atoms with Gasteiger partial charge in [0.2, 0.25) is 0 Å². The van der Waals surface area contributed by atoms with Crippen LogP contribution in [-0.4, -0.2) is 26.6 Å². The molecule has 2 fully saturated rings. The highest BCUT2D eigenvalue weighted by Crippen LogP contribution is 2.65. The SMILES string of the molecule is CC1(C)C(=O)CC[C@]2(C)C3=CCC[C@@H](OC(=S)n4ccnc4)[C@]3(C)CC[C@@H]12. The van der Waals surface area contributed by atoms with Crippen molar-refractivity contribution in [3.8, 4) is 0 Å². The van der Waals surface area contributed by atoms with Crippen molar-refractivity contribution in [1.29, 1.82) is 0 Å². The fourth-order valence-electron chi connectivity index (χ4n) is 6.33. The van der Waals surface area contributed by atoms with Crippen LogP contribution in [0.1, 0.15) is 66.2 Å². The molecule has 4 nitrogen and oxygen atoms in total. The van der Waals surface area contributed by atoms with Crippen molar-refractivity contribution in [3.63, 3.8) is 0 Å². The molecular weight excluding hydrogens is 356 g/mol. The molecule has 4 atom stereocenters. The predicted molar refractivity (Wildman–Crippen MR) is 109 cm³/mol. The van der Waals surface area contributed by atoms with E-state index in [4.69, 9.17) is 17.0 Å². The van der Waals surface area contributed by atoms with Crippen molar-refractivity contribution in [2.24, 2.45) is 22.2 Å². The van der Waals surface area contributed by atoms with Gasteiger partial charge in [-0.2, -0.15) is 0 Å². The molecule has 5 heteroatoms. The molecular formula is C22H30N2O2S. The molecule has 1 aromatic rings. The summed E-state index contributed by atoms with van der Waals surface area (Å²) in [6.07, 6.45) is 13.5. The van der Waals surface area contributed by atoms with E-state index in [0.29, 0.717) is 23.3 Å². The number of imidazole rings is 1. The van der Waals surface area contributed by atoms with Crippen LogP contribution in [0.25, 0.3) is 0 Å². The third-order valence-corrected chi connectivity index (χ3v) is 8.17. The van der Waals surface area contributed by atoms with E-state index in [2.05, 4.69) is 38.8 Å². The summed E-state index contributed by atoms with van der Waals surface area (Å²) in [7, 11) is 0. The van der Waals surface area contributed by atoms with Crippen LogP contribution in [0.3, 0.4) is 0 Å². The largest absolute Gasteiger partial charge is 0.466 e. The third-order valence-electron chi connectivity index (χ3n) is 7.86. The maximum absolute atomic E-state index is 12.6. The highest BCUT2D eigenvalue weighted by Gasteiger charge is 2.60. The number of allylic oxidation sites excluding steroid dienone is 1. The number of Topliss-reactive ketones (excluding diaryl/α,β-unsaturated/α-hetero) is 1. The zero-order valence-electron chi connectivity index (χ0n) is 16.8. The molecule has 0 saturated heterocycles. The Kier molecular flexibility index (Phi) is 4.37. The number of rotatable bonds is 1. The van der Waals surface area contributed by atoms with E-state index in [1.54, 1.807) is 17.1 Å². The highest BCUT2D eigenvalue weighted by molar-refractivity contribution is 7.80. The van der Waals surface area contributed by atoms with E-state index in [0.717, 1.165) is 32.1 Å². The van der Waals surface area contributed by atoms with Crippen LogP contribution in [0.15, 0.2) is 30.4 Å². The van der Waals surface area contributed by atoms with Gasteiger partial charge in [0, 0.05) is 29.6 Å². The van der Waals surface area contributed by atoms with Gasteiger partial charge in [-0.05, 0) is 55.7 Å². The van der Waals surface area contributed by atoms with Crippen molar-refractivity contribution in [2.45, 2.75) is 72.3 Å². The lowest BCUT2D eigenvalue weighted by Gasteiger charge is -2.61. The van der Waals surface area contributed by atoms with Gasteiger partial charge < -0.3 is 4.74 Å². The molecule has 146 valence electrons. The van der Waals surface area contributed by atoms with Gasteiger partial charge in [0.15, 0.2) is 0 Å². The van der Waals surface area contributed by atoms with Gasteiger partial charge in [-0.15, -0.1) is 0 Å². The van der Waals surface area contributed by atoms with Crippen molar-refractivity contribution >= 4 is 23.2 Å². The monoisotopic (exact) mass is 386 g/mol. The molecule has 0 unspecified atom stereocenters. The number of ether oxygens (including phenoxy) is 1. The number of carbonyl (C=O) groups is 1. The predicted octanol–water partition coefficient (Wildman–Crippen LogP) is 4.93. The van der Waals surface area contributed by atoms with Gasteiger partial charge in [0.1, 0.15) is 18.2 Å². The number of hydrogen-bond donors (Lipinski definition) is 0. The van der Waals surface area contributed by atoms with Crippen molar-refractivity contribution in [2.75, 3.05) is 0 Å². The summed E-state index contributed by atoms with van der Waals surface area (Å²) in [6.45, 7) is 9.06. The maximum atomic E-state index is 12.6. The number of thiocarbonyl (C=S) groups is 1. The van der Waals surface area contributed by atoms with Gasteiger partial charge in [-0.1, -0.05) is 39.3 Å². The standard InChI is InChI=1S/C22H30N2O2S/c1-20(2)15-8-10-22(4)16(21(15,3)11-9-17(20)25)6-5-7-18(22)26-19(27)24-13-12-23-14-24/h6,12-15,18H,5,7-11H2,1-4H3/t15-,18+,21-,22+/m0/s1. The Balaban J connectivity index is 1.65. The molecule has 0 bridgehead atoms. The Morgan fingerprint density at radius 1 is 1.22 bits per heavy atom. The fourth-order valence-corrected chi connectivity index (χ4v) is 6.55. The zero-order valence-corrected chi connectivity index (χ0v) is 17.6. The number of carbonyl (C=O) groups excluding carboxylic acids is 1. The molecule has 3 aliphatic rings. The molecule has 27 heavy (non-hydrogen) atoms. The molecule has 0 aliphatic heterocycles. The average molecular weight is 387 g/mol. The number of hydrogen-bond acceptors (Lipinski definition) is 4. The van der Waals surface area contributed by atoms with E-state index in [1.807, 2.05) is 6.20 Å². The van der Waals surface area contributed by atoms with Gasteiger partial charge in [0.05, 0.1) is 0 Å². The lowest BCUT2D eigenvalue weighted by molar-refractivity contribution is -0.143. The quantitative estimate of drug-likeness (QED) is 0.507. The molecule has 0 radical (unpaired) electrons. The van der Waals surface area contributed by atoms with E-state index in [1.165, 1.54) is 5.57 Å². The molecule has 2 saturated carbocycles. The van der Waals surface area contributed by atoms with Crippen LogP contribution < -0.4 is 0 Å². The number of ketones is 1. The zero-order chi connectivity index (χ0) is 19.4. The van der Waals surface area contributed by atoms with Gasteiger partial charge in [-0.25, -0.2) is 4.98 Å². The molecule has 1 heterocycles. The van der Waals surface area contributed by atoms with Crippen LogP contribution in [0.2, 0.25) is 0 Å². The van der Waals surface area contributed by atoms with Gasteiger partial charge >= 0.3 is 0 Å². The van der Waals surface area contributed by atoms with Crippen LogP contribution >= 0.6 is 12.2 Å². The van der Waals surface area contributed by atoms with Gasteiger partial charge in [-0.3, -0.25) is 9.36 Å². The number of aromatic nitrogens is 2. The van der Waals surface area contributed by atoms with Crippen LogP contribution in [-0.2, 0) is 9.53 Å². The van der Waals surface area contributed by atoms with Gasteiger partial charge in [0.25, 0.3) is 5.17 Å². The van der Waals surface area contributed by atoms with Crippen molar-refractivity contribution < 1.29 is 9.53 Å². The second-order valence-corrected chi connectivity index (χ2v) is 9.96. The average Bonchev–Trinajstić information content (AvgIpc) is 3.14. The number of nitrogens with zero attached hydrogens (tertiary/aromatic N) is 2. The summed E-state index contributed by atoms with van der Waals surface area (Å²) in [5.41, 5.74) is 1.32. The summed E-state index contributed by atoms with van der Waals surface area (Å²) >= 11 is 5.53. The topological polar surface area (TPSA) is 44.1 Å². The first kappa shape index (κ1) is 18.9. The van der Waals surface area contributed by atoms with Crippen LogP contribution in [0.4, 0.5) is 0 Å². The fraction of sp³-hybridized carbons (Fsp3) is 0.682. The third kappa shape index (κ3) is 2.72. The molecule has 1 aromatic heterocycles. The lowest BCUT2D eigenvalue weighted by atomic mass is 9.43. The number of fused-ring (bicyclic) bond motifs is 3. The summed E-state index contributed by atoms with van der Waals surface area (Å²) in [5, 5.41) is 0.478. The van der Waals surface area contributed by atoms with Crippen LogP contribution in [0.5, 0.6) is 0 Å². The van der Waals surface area contributed by atoms with E-state index < -0.39 is 0 Å². The minimum Gasteiger partial charge on any atom is -0.466 e. The summed E-state index contributed by atoms with van der Waals surface area (Å²) in [4.78, 5) is 16.7. The van der Waals surface area contributed by atoms with Crippen molar-refractivity contribution in [1.82, 2.24) is 9.55 Å². The second-order valence-electron chi connectivity index (χ2n) is 9.61. The van der Waals surface area contributed by atoms with E-state index in [9.17, 15) is 4.79 Å². The van der Waals surface area contributed by atoms with Crippen LogP contribution in [0, 0.1) is 22.2 Å². The van der Waals surface area contributed by atoms with E-state index >= 15 is 0 Å². The molecule has 4 rings (SSSR count). The minimum absolute atomic E-state index is 0.0232. The minimum atomic E-state index is -0.241. The lowest BCUT2D eigenvalue weighted by Crippen LogP contribution is -2.57. The Labute approximate surface area is 167 Å².